The molecule has 0 unspecified atom stereocenters. The second-order valence-electron chi connectivity index (χ2n) is 12.1. The molecule has 0 spiro atoms. The zero-order valence-corrected chi connectivity index (χ0v) is 31.7. The average molecular weight is 716 g/mol. The molecule has 0 atom stereocenters. The number of phenols is 2. The number of hydrogen-bond donors (Lipinski definition) is 2. The second-order valence-corrected chi connectivity index (χ2v) is 21.5. The summed E-state index contributed by atoms with van der Waals surface area (Å²) in [6, 6.07) is 32.5. The van der Waals surface area contributed by atoms with Crippen LogP contribution in [0.25, 0.3) is 21.5 Å². The van der Waals surface area contributed by atoms with Crippen molar-refractivity contribution in [2.45, 2.75) is 66.5 Å². The van der Waals surface area contributed by atoms with Crippen molar-refractivity contribution in [3.8, 4) is 11.5 Å². The number of hydrogen-bond acceptors (Lipinski definition) is 2. The predicted molar refractivity (Wildman–Crippen MR) is 190 cm³/mol. The molecule has 0 saturated carbocycles. The zero-order valence-electron chi connectivity index (χ0n) is 28.2. The largest absolute Gasteiger partial charge is 0.508 e. The van der Waals surface area contributed by atoms with E-state index in [0.29, 0.717) is 11.8 Å². The van der Waals surface area contributed by atoms with Gasteiger partial charge in [-0.2, -0.15) is 12.1 Å². The van der Waals surface area contributed by atoms with Crippen LogP contribution in [-0.2, 0) is 23.3 Å². The molecule has 0 aliphatic heterocycles. The van der Waals surface area contributed by atoms with Crippen LogP contribution in [0.4, 0.5) is 8.78 Å². The molecule has 0 aliphatic carbocycles. The minimum absolute atomic E-state index is 0.0893. The van der Waals surface area contributed by atoms with E-state index in [0.717, 1.165) is 0 Å². The van der Waals surface area contributed by atoms with Crippen molar-refractivity contribution in [1.82, 2.24) is 0 Å². The van der Waals surface area contributed by atoms with E-state index >= 15 is 0 Å². The topological polar surface area (TPSA) is 40.5 Å². The summed E-state index contributed by atoms with van der Waals surface area (Å²) in [4.78, 5) is 0. The van der Waals surface area contributed by atoms with Gasteiger partial charge in [0.1, 0.15) is 23.1 Å². The number of phenolic OH excluding ortho intramolecular Hbond substituents is 2. The van der Waals surface area contributed by atoms with Crippen LogP contribution in [0.3, 0.4) is 0 Å². The molecule has 2 nitrogen and oxygen atoms in total. The Morgan fingerprint density at radius 1 is 0.565 bits per heavy atom. The minimum Gasteiger partial charge on any atom is -0.508 e. The van der Waals surface area contributed by atoms with E-state index in [-0.39, 0.29) is 28.6 Å². The van der Waals surface area contributed by atoms with E-state index in [9.17, 15) is 8.78 Å². The Bertz CT molecular complexity index is 1610. The molecule has 6 aromatic carbocycles. The Hall–Kier alpha value is -3.34. The summed E-state index contributed by atoms with van der Waals surface area (Å²) >= 11 is 1.74. The summed E-state index contributed by atoms with van der Waals surface area (Å²) in [6.45, 7) is 17.8. The molecule has 6 rings (SSSR count). The maximum Gasteiger partial charge on any atom is 0.123 e. The SMILES string of the molecule is C[Si](C)=[Zr+2].Cc1cc2cc(C(C)C)ccc2[cH-]1.Cc1cc2cc(C(C)C)ccc2[cH-]1.Oc1ccc(F)cc1.Oc1ccc(F)cc1. The van der Waals surface area contributed by atoms with Crippen molar-refractivity contribution in [1.29, 1.82) is 0 Å². The van der Waals surface area contributed by atoms with Crippen LogP contribution in [0.2, 0.25) is 13.1 Å². The van der Waals surface area contributed by atoms with Crippen molar-refractivity contribution >= 4 is 27.0 Å². The smallest absolute Gasteiger partial charge is 0.123 e. The van der Waals surface area contributed by atoms with E-state index in [1.165, 1.54) is 92.3 Å². The van der Waals surface area contributed by atoms with Crippen LogP contribution < -0.4 is 0 Å². The summed E-state index contributed by atoms with van der Waals surface area (Å²) in [5.41, 5.74) is 5.78. The van der Waals surface area contributed by atoms with Gasteiger partial charge in [0.05, 0.1) is 0 Å². The van der Waals surface area contributed by atoms with Crippen LogP contribution >= 0.6 is 0 Å². The molecule has 0 saturated heterocycles. The maximum absolute atomic E-state index is 12.0. The van der Waals surface area contributed by atoms with E-state index in [1.54, 1.807) is 23.3 Å². The third-order valence-corrected chi connectivity index (χ3v) is 6.74. The summed E-state index contributed by atoms with van der Waals surface area (Å²) in [6.07, 6.45) is 0. The predicted octanol–water partition coefficient (Wildman–Crippen LogP) is 11.8. The monoisotopic (exact) mass is 714 g/mol. The molecule has 0 amide bonds. The maximum atomic E-state index is 12.0. The van der Waals surface area contributed by atoms with Gasteiger partial charge in [0.15, 0.2) is 0 Å². The Balaban J connectivity index is 0.000000210. The van der Waals surface area contributed by atoms with Gasteiger partial charge in [0, 0.05) is 0 Å². The van der Waals surface area contributed by atoms with Gasteiger partial charge in [-0.25, -0.2) is 8.78 Å². The van der Waals surface area contributed by atoms with Crippen LogP contribution in [0.5, 0.6) is 11.5 Å². The fourth-order valence-corrected chi connectivity index (χ4v) is 4.36. The molecule has 0 radical (unpaired) electrons. The first-order valence-corrected chi connectivity index (χ1v) is 21.6. The van der Waals surface area contributed by atoms with Gasteiger partial charge in [0.25, 0.3) is 0 Å². The fourth-order valence-electron chi connectivity index (χ4n) is 4.36. The van der Waals surface area contributed by atoms with Gasteiger partial charge in [-0.3, -0.25) is 0 Å². The molecular weight excluding hydrogens is 670 g/mol. The first kappa shape index (κ1) is 38.8. The summed E-state index contributed by atoms with van der Waals surface area (Å²) < 4.78 is 24.0. The Labute approximate surface area is 288 Å². The summed E-state index contributed by atoms with van der Waals surface area (Å²) in [7, 11) is 0. The number of rotatable bonds is 2. The normalized spacial score (nSPS) is 10.2. The summed E-state index contributed by atoms with van der Waals surface area (Å²) in [5, 5.41) is 22.7. The van der Waals surface area contributed by atoms with Crippen molar-refractivity contribution in [3.63, 3.8) is 0 Å². The molecule has 6 heteroatoms. The molecule has 0 fully saturated rings. The van der Waals surface area contributed by atoms with Gasteiger partial charge in [-0.05, 0) is 60.4 Å². The second kappa shape index (κ2) is 19.4. The van der Waals surface area contributed by atoms with Crippen LogP contribution in [0.15, 0.2) is 109 Å². The number of aryl methyl sites for hydroxylation is 2. The molecule has 0 aliphatic rings. The number of halogens is 2. The number of aromatic hydroxyl groups is 2. The van der Waals surface area contributed by atoms with Crippen LogP contribution in [0.1, 0.15) is 61.8 Å². The zero-order chi connectivity index (χ0) is 34.4. The van der Waals surface area contributed by atoms with Gasteiger partial charge < -0.3 is 10.2 Å². The standard InChI is InChI=1S/2C13H15.2C6H5FO.C2H6Si.Zr/c2*1-9(2)11-4-5-12-6-10(3)7-13(12)8-11;2*7-5-1-3-6(8)4-2-5;1-3-2;/h2*4-9H,1-3H3;2*1-4,8H;1-2H3;/q2*-1;;;;+2. The van der Waals surface area contributed by atoms with Gasteiger partial charge in [-0.15, -0.1) is 81.2 Å². The van der Waals surface area contributed by atoms with E-state index in [1.807, 2.05) is 0 Å². The Kier molecular flexibility index (Phi) is 16.3. The van der Waals surface area contributed by atoms with Crippen molar-refractivity contribution in [3.05, 3.63) is 143 Å². The van der Waals surface area contributed by atoms with Crippen molar-refractivity contribution in [2.24, 2.45) is 0 Å². The molecule has 240 valence electrons. The van der Waals surface area contributed by atoms with E-state index in [4.69, 9.17) is 10.2 Å². The van der Waals surface area contributed by atoms with Crippen LogP contribution in [0, 0.1) is 25.5 Å². The van der Waals surface area contributed by atoms with Gasteiger partial charge >= 0.3 is 41.9 Å². The quantitative estimate of drug-likeness (QED) is 0.138. The fraction of sp³-hybridized carbons (Fsp3) is 0.250. The van der Waals surface area contributed by atoms with E-state index < -0.39 is 0 Å². The Morgan fingerprint density at radius 2 is 0.870 bits per heavy atom. The number of benzene rings is 4. The van der Waals surface area contributed by atoms with Crippen molar-refractivity contribution in [2.75, 3.05) is 0 Å². The minimum atomic E-state index is -0.331. The molecule has 2 N–H and O–H groups in total. The van der Waals surface area contributed by atoms with Gasteiger partial charge in [0.2, 0.25) is 0 Å². The molecule has 0 aromatic heterocycles. The van der Waals surface area contributed by atoms with Crippen molar-refractivity contribution < 1.29 is 42.3 Å². The third kappa shape index (κ3) is 14.4. The third-order valence-electron chi connectivity index (χ3n) is 6.74. The van der Waals surface area contributed by atoms with Crippen LogP contribution in [-0.4, -0.2) is 15.6 Å². The number of fused-ring (bicyclic) bond motifs is 2. The molecule has 0 heterocycles. The molecular formula is C40H46F2O2SiZr. The average Bonchev–Trinajstić information content (AvgIpc) is 3.56. The molecule has 0 bridgehead atoms. The first-order chi connectivity index (χ1) is 21.6. The molecule has 46 heavy (non-hydrogen) atoms. The van der Waals surface area contributed by atoms with E-state index in [2.05, 4.69) is 115 Å². The molecule has 6 aromatic rings. The van der Waals surface area contributed by atoms with Gasteiger partial charge in [-0.1, -0.05) is 52.7 Å². The summed E-state index contributed by atoms with van der Waals surface area (Å²) in [5.74, 6) is 0.766. The first-order valence-electron chi connectivity index (χ1n) is 15.4. The Morgan fingerprint density at radius 3 is 1.13 bits per heavy atom.